The normalized spacial score (nSPS) is 11.2. The summed E-state index contributed by atoms with van der Waals surface area (Å²) in [6.45, 7) is 0.272. The first-order valence-electron chi connectivity index (χ1n) is 8.63. The molecule has 3 rings (SSSR count). The maximum atomic E-state index is 12.7. The highest BCUT2D eigenvalue weighted by molar-refractivity contribution is 7.99. The second-order valence-corrected chi connectivity index (χ2v) is 8.52. The fraction of sp³-hybridized carbons (Fsp3) is 0.0952. The Kier molecular flexibility index (Phi) is 8.00. The highest BCUT2D eigenvalue weighted by Crippen LogP contribution is 2.35. The Morgan fingerprint density at radius 2 is 1.55 bits per heavy atom. The number of halogens is 6. The van der Waals surface area contributed by atoms with Crippen molar-refractivity contribution in [1.29, 1.82) is 0 Å². The standard InChI is InChI=1S/C21H13Cl3F3NO2S/c22-18-11-13(21(25,26)27)12-28-20(18)30-15-3-7-17(8-4-15)31-16-5-1-14(2-6-16)29-10-9-19(23)24/h1-9,11-12H,10H2. The molecule has 1 heterocycles. The maximum absolute atomic E-state index is 12.7. The number of nitrogens with zero attached hydrogens (tertiary/aromatic N) is 1. The van der Waals surface area contributed by atoms with Crippen LogP contribution in [0.2, 0.25) is 5.02 Å². The third kappa shape index (κ3) is 7.25. The van der Waals surface area contributed by atoms with Crippen molar-refractivity contribution in [2.45, 2.75) is 16.0 Å². The van der Waals surface area contributed by atoms with Crippen LogP contribution >= 0.6 is 46.6 Å². The van der Waals surface area contributed by atoms with E-state index < -0.39 is 11.7 Å². The van der Waals surface area contributed by atoms with Gasteiger partial charge in [0, 0.05) is 16.0 Å². The lowest BCUT2D eigenvalue weighted by Gasteiger charge is -2.10. The van der Waals surface area contributed by atoms with Crippen LogP contribution in [-0.2, 0) is 6.18 Å². The lowest BCUT2D eigenvalue weighted by atomic mass is 10.3. The first kappa shape index (κ1) is 23.6. The van der Waals surface area contributed by atoms with Crippen LogP contribution in [0.1, 0.15) is 5.56 Å². The average molecular weight is 507 g/mol. The van der Waals surface area contributed by atoms with E-state index in [1.165, 1.54) is 11.8 Å². The van der Waals surface area contributed by atoms with Crippen LogP contribution in [0.5, 0.6) is 17.4 Å². The Hall–Kier alpha value is -2.06. The van der Waals surface area contributed by atoms with E-state index >= 15 is 0 Å². The topological polar surface area (TPSA) is 31.4 Å². The van der Waals surface area contributed by atoms with Gasteiger partial charge in [-0.1, -0.05) is 46.6 Å². The predicted molar refractivity (Wildman–Crippen MR) is 117 cm³/mol. The first-order valence-corrected chi connectivity index (χ1v) is 10.6. The molecule has 0 saturated heterocycles. The molecule has 162 valence electrons. The molecule has 0 spiro atoms. The minimum Gasteiger partial charge on any atom is -0.489 e. The first-order chi connectivity index (χ1) is 14.7. The van der Waals surface area contributed by atoms with Crippen molar-refractivity contribution in [3.05, 3.63) is 81.9 Å². The van der Waals surface area contributed by atoms with Gasteiger partial charge in [0.1, 0.15) is 27.6 Å². The fourth-order valence-corrected chi connectivity index (χ4v) is 3.43. The molecule has 3 nitrogen and oxygen atoms in total. The van der Waals surface area contributed by atoms with Gasteiger partial charge >= 0.3 is 6.18 Å². The van der Waals surface area contributed by atoms with Crippen molar-refractivity contribution in [1.82, 2.24) is 4.98 Å². The van der Waals surface area contributed by atoms with Gasteiger partial charge in [-0.25, -0.2) is 4.98 Å². The van der Waals surface area contributed by atoms with E-state index in [1.54, 1.807) is 18.2 Å². The van der Waals surface area contributed by atoms with E-state index in [4.69, 9.17) is 44.3 Å². The molecule has 0 atom stereocenters. The molecule has 1 aromatic heterocycles. The van der Waals surface area contributed by atoms with Gasteiger partial charge in [0.05, 0.1) is 5.56 Å². The molecule has 0 amide bonds. The van der Waals surface area contributed by atoms with E-state index in [9.17, 15) is 13.2 Å². The summed E-state index contributed by atoms with van der Waals surface area (Å²) in [6.07, 6.45) is -2.30. The van der Waals surface area contributed by atoms with Crippen molar-refractivity contribution in [3.63, 3.8) is 0 Å². The minimum absolute atomic E-state index is 0.101. The number of alkyl halides is 3. The second kappa shape index (κ2) is 10.5. The molecule has 0 bridgehead atoms. The molecule has 0 fully saturated rings. The van der Waals surface area contributed by atoms with Crippen LogP contribution < -0.4 is 9.47 Å². The van der Waals surface area contributed by atoms with Gasteiger partial charge in [0.2, 0.25) is 5.88 Å². The number of hydrogen-bond donors (Lipinski definition) is 0. The average Bonchev–Trinajstić information content (AvgIpc) is 2.71. The summed E-state index contributed by atoms with van der Waals surface area (Å²) in [5.74, 6) is 0.976. The molecule has 2 aromatic carbocycles. The summed E-state index contributed by atoms with van der Waals surface area (Å²) < 4.78 is 49.2. The summed E-state index contributed by atoms with van der Waals surface area (Å²) in [5, 5.41) is -0.223. The summed E-state index contributed by atoms with van der Waals surface area (Å²) in [7, 11) is 0. The molecule has 0 unspecified atom stereocenters. The van der Waals surface area contributed by atoms with Crippen LogP contribution in [0.25, 0.3) is 0 Å². The SMILES string of the molecule is FC(F)(F)c1cnc(Oc2ccc(Sc3ccc(OCC=C(Cl)Cl)cc3)cc2)c(Cl)c1. The Balaban J connectivity index is 1.60. The number of pyridine rings is 1. The Labute approximate surface area is 195 Å². The number of hydrogen-bond acceptors (Lipinski definition) is 4. The van der Waals surface area contributed by atoms with Gasteiger partial charge in [-0.15, -0.1) is 0 Å². The minimum atomic E-state index is -4.52. The monoisotopic (exact) mass is 505 g/mol. The number of ether oxygens (including phenoxy) is 2. The molecule has 0 saturated carbocycles. The molecular weight excluding hydrogens is 494 g/mol. The lowest BCUT2D eigenvalue weighted by molar-refractivity contribution is -0.137. The van der Waals surface area contributed by atoms with Crippen molar-refractivity contribution in [3.8, 4) is 17.4 Å². The second-order valence-electron chi connectivity index (χ2n) is 5.96. The largest absolute Gasteiger partial charge is 0.489 e. The van der Waals surface area contributed by atoms with E-state index in [1.807, 2.05) is 36.4 Å². The van der Waals surface area contributed by atoms with Gasteiger partial charge in [-0.05, 0) is 60.7 Å². The summed E-state index contributed by atoms with van der Waals surface area (Å²) >= 11 is 18.4. The summed E-state index contributed by atoms with van der Waals surface area (Å²) in [6, 6.07) is 15.2. The third-order valence-electron chi connectivity index (χ3n) is 3.72. The molecule has 0 radical (unpaired) electrons. The van der Waals surface area contributed by atoms with Gasteiger partial charge in [0.15, 0.2) is 0 Å². The van der Waals surface area contributed by atoms with Crippen LogP contribution in [0.4, 0.5) is 13.2 Å². The molecule has 0 N–H and O–H groups in total. The highest BCUT2D eigenvalue weighted by Gasteiger charge is 2.31. The van der Waals surface area contributed by atoms with E-state index in [-0.39, 0.29) is 22.0 Å². The number of rotatable bonds is 7. The quantitative estimate of drug-likeness (QED) is 0.322. The van der Waals surface area contributed by atoms with E-state index in [0.717, 1.165) is 15.9 Å². The Morgan fingerprint density at radius 3 is 2.06 bits per heavy atom. The van der Waals surface area contributed by atoms with Crippen LogP contribution in [0.15, 0.2) is 81.2 Å². The zero-order chi connectivity index (χ0) is 22.4. The van der Waals surface area contributed by atoms with E-state index in [2.05, 4.69) is 4.98 Å². The zero-order valence-corrected chi connectivity index (χ0v) is 18.6. The third-order valence-corrected chi connectivity index (χ3v) is 5.32. The van der Waals surface area contributed by atoms with Crippen LogP contribution in [0.3, 0.4) is 0 Å². The number of benzene rings is 2. The molecular formula is C21H13Cl3F3NO2S. The zero-order valence-electron chi connectivity index (χ0n) is 15.5. The molecule has 0 aliphatic rings. The van der Waals surface area contributed by atoms with Crippen molar-refractivity contribution in [2.24, 2.45) is 0 Å². The fourth-order valence-electron chi connectivity index (χ4n) is 2.28. The van der Waals surface area contributed by atoms with Crippen LogP contribution in [-0.4, -0.2) is 11.6 Å². The van der Waals surface area contributed by atoms with E-state index in [0.29, 0.717) is 17.7 Å². The molecule has 0 aliphatic carbocycles. The van der Waals surface area contributed by atoms with Crippen molar-refractivity contribution in [2.75, 3.05) is 6.61 Å². The van der Waals surface area contributed by atoms with Crippen molar-refractivity contribution >= 4 is 46.6 Å². The van der Waals surface area contributed by atoms with Gasteiger partial charge in [-0.3, -0.25) is 0 Å². The Morgan fingerprint density at radius 1 is 0.968 bits per heavy atom. The van der Waals surface area contributed by atoms with Gasteiger partial charge in [-0.2, -0.15) is 13.2 Å². The van der Waals surface area contributed by atoms with Gasteiger partial charge in [0.25, 0.3) is 0 Å². The molecule has 31 heavy (non-hydrogen) atoms. The summed E-state index contributed by atoms with van der Waals surface area (Å²) in [4.78, 5) is 5.58. The summed E-state index contributed by atoms with van der Waals surface area (Å²) in [5.41, 5.74) is -0.938. The molecule has 0 aliphatic heterocycles. The number of aromatic nitrogens is 1. The van der Waals surface area contributed by atoms with Crippen LogP contribution in [0, 0.1) is 0 Å². The molecule has 3 aromatic rings. The highest BCUT2D eigenvalue weighted by atomic mass is 35.5. The smallest absolute Gasteiger partial charge is 0.417 e. The Bertz CT molecular complexity index is 1050. The lowest BCUT2D eigenvalue weighted by Crippen LogP contribution is -2.05. The molecule has 10 heteroatoms. The van der Waals surface area contributed by atoms with Gasteiger partial charge < -0.3 is 9.47 Å². The maximum Gasteiger partial charge on any atom is 0.417 e. The predicted octanol–water partition coefficient (Wildman–Crippen LogP) is 8.40. The van der Waals surface area contributed by atoms with Crippen molar-refractivity contribution < 1.29 is 22.6 Å².